The number of hydrogen-bond acceptors (Lipinski definition) is 4. The predicted molar refractivity (Wildman–Crippen MR) is 63.6 cm³/mol. The second-order valence-corrected chi connectivity index (χ2v) is 3.80. The van der Waals surface area contributed by atoms with E-state index in [1.54, 1.807) is 7.11 Å². The summed E-state index contributed by atoms with van der Waals surface area (Å²) in [5.41, 5.74) is 5.75. The molecule has 1 unspecified atom stereocenters. The number of likely N-dealkylation sites (N-methyl/N-ethyl adjacent to an activating group) is 1. The van der Waals surface area contributed by atoms with Gasteiger partial charge in [-0.05, 0) is 19.8 Å². The normalized spacial score (nSPS) is 12.2. The van der Waals surface area contributed by atoms with Crippen LogP contribution >= 0.6 is 0 Å². The van der Waals surface area contributed by atoms with Crippen molar-refractivity contribution in [3.8, 4) is 0 Å². The molecule has 0 bridgehead atoms. The van der Waals surface area contributed by atoms with Crippen LogP contribution in [0.5, 0.6) is 0 Å². The first kappa shape index (κ1) is 15.9. The fraction of sp³-hybridized carbons (Fsp3) is 0.818. The number of carbonyl (C=O) groups excluding carboxylic acids is 1. The highest BCUT2D eigenvalue weighted by atomic mass is 16.5. The molecular weight excluding hydrogens is 224 g/mol. The summed E-state index contributed by atoms with van der Waals surface area (Å²) in [6, 6.07) is -0.570. The highest BCUT2D eigenvalue weighted by Gasteiger charge is 2.19. The molecule has 3 N–H and O–H groups in total. The highest BCUT2D eigenvalue weighted by Crippen LogP contribution is 2.02. The van der Waals surface area contributed by atoms with Crippen molar-refractivity contribution in [3.05, 3.63) is 0 Å². The van der Waals surface area contributed by atoms with Crippen LogP contribution in [-0.4, -0.2) is 54.7 Å². The van der Waals surface area contributed by atoms with Crippen molar-refractivity contribution in [1.29, 1.82) is 0 Å². The molecule has 0 spiro atoms. The maximum atomic E-state index is 11.8. The molecule has 0 aromatic heterocycles. The van der Waals surface area contributed by atoms with Gasteiger partial charge >= 0.3 is 5.97 Å². The molecule has 0 aliphatic carbocycles. The molecule has 0 saturated heterocycles. The lowest BCUT2D eigenvalue weighted by atomic mass is 10.1. The van der Waals surface area contributed by atoms with Gasteiger partial charge in [0.2, 0.25) is 5.91 Å². The molecule has 0 radical (unpaired) electrons. The quantitative estimate of drug-likeness (QED) is 0.561. The summed E-state index contributed by atoms with van der Waals surface area (Å²) in [6.45, 7) is 3.07. The molecule has 0 rings (SSSR count). The Labute approximate surface area is 102 Å². The van der Waals surface area contributed by atoms with Crippen molar-refractivity contribution in [2.45, 2.75) is 32.2 Å². The monoisotopic (exact) mass is 246 g/mol. The van der Waals surface area contributed by atoms with E-state index in [0.29, 0.717) is 19.6 Å². The van der Waals surface area contributed by atoms with E-state index in [2.05, 4.69) is 0 Å². The first-order chi connectivity index (χ1) is 8.02. The molecule has 1 amide bonds. The number of carboxylic acid groups (broad SMARTS) is 1. The van der Waals surface area contributed by atoms with Gasteiger partial charge in [0.25, 0.3) is 0 Å². The molecule has 17 heavy (non-hydrogen) atoms. The Morgan fingerprint density at radius 1 is 1.47 bits per heavy atom. The van der Waals surface area contributed by atoms with Crippen molar-refractivity contribution >= 4 is 11.9 Å². The molecule has 0 heterocycles. The lowest BCUT2D eigenvalue weighted by molar-refractivity contribution is -0.138. The molecule has 100 valence electrons. The number of hydrogen-bond donors (Lipinski definition) is 2. The van der Waals surface area contributed by atoms with Crippen LogP contribution in [0, 0.1) is 0 Å². The first-order valence-electron chi connectivity index (χ1n) is 5.78. The van der Waals surface area contributed by atoms with Crippen LogP contribution in [0.15, 0.2) is 0 Å². The van der Waals surface area contributed by atoms with E-state index in [1.807, 2.05) is 6.92 Å². The molecule has 0 aliphatic rings. The third kappa shape index (κ3) is 6.91. The second-order valence-electron chi connectivity index (χ2n) is 3.80. The number of amides is 1. The van der Waals surface area contributed by atoms with Crippen LogP contribution in [0.25, 0.3) is 0 Å². The van der Waals surface area contributed by atoms with Gasteiger partial charge in [-0.1, -0.05) is 0 Å². The average Bonchev–Trinajstić information content (AvgIpc) is 2.29. The minimum atomic E-state index is -0.913. The van der Waals surface area contributed by atoms with Gasteiger partial charge in [-0.15, -0.1) is 0 Å². The molecule has 1 atom stereocenters. The van der Waals surface area contributed by atoms with Crippen molar-refractivity contribution < 1.29 is 19.4 Å². The van der Waals surface area contributed by atoms with Crippen LogP contribution < -0.4 is 5.73 Å². The van der Waals surface area contributed by atoms with Gasteiger partial charge in [-0.2, -0.15) is 0 Å². The van der Waals surface area contributed by atoms with E-state index in [1.165, 1.54) is 4.90 Å². The summed E-state index contributed by atoms with van der Waals surface area (Å²) in [4.78, 5) is 23.8. The van der Waals surface area contributed by atoms with Crippen LogP contribution in [-0.2, 0) is 14.3 Å². The van der Waals surface area contributed by atoms with Crippen molar-refractivity contribution in [2.24, 2.45) is 5.73 Å². The summed E-state index contributed by atoms with van der Waals surface area (Å²) >= 11 is 0. The molecular formula is C11H22N2O4. The molecule has 0 aliphatic heterocycles. The third-order valence-corrected chi connectivity index (χ3v) is 2.47. The first-order valence-corrected chi connectivity index (χ1v) is 5.78. The van der Waals surface area contributed by atoms with E-state index in [0.717, 1.165) is 6.42 Å². The van der Waals surface area contributed by atoms with E-state index in [-0.39, 0.29) is 18.9 Å². The number of rotatable bonds is 9. The zero-order valence-electron chi connectivity index (χ0n) is 10.5. The average molecular weight is 246 g/mol. The molecule has 0 fully saturated rings. The van der Waals surface area contributed by atoms with Gasteiger partial charge in [0, 0.05) is 26.8 Å². The van der Waals surface area contributed by atoms with E-state index in [4.69, 9.17) is 15.6 Å². The smallest absolute Gasteiger partial charge is 0.305 e. The van der Waals surface area contributed by atoms with Gasteiger partial charge in [0.1, 0.15) is 0 Å². The highest BCUT2D eigenvalue weighted by molar-refractivity contribution is 5.82. The lowest BCUT2D eigenvalue weighted by Gasteiger charge is -2.23. The van der Waals surface area contributed by atoms with Gasteiger partial charge in [0.05, 0.1) is 12.5 Å². The molecule has 0 aromatic rings. The SMILES string of the molecule is CCN(CCC(=O)O)C(=O)C(N)CCCOC. The van der Waals surface area contributed by atoms with Gasteiger partial charge in [0.15, 0.2) is 0 Å². The van der Waals surface area contributed by atoms with Gasteiger partial charge < -0.3 is 20.5 Å². The van der Waals surface area contributed by atoms with E-state index >= 15 is 0 Å². The van der Waals surface area contributed by atoms with Crippen LogP contribution in [0.4, 0.5) is 0 Å². The van der Waals surface area contributed by atoms with Gasteiger partial charge in [-0.25, -0.2) is 0 Å². The zero-order chi connectivity index (χ0) is 13.3. The summed E-state index contributed by atoms with van der Waals surface area (Å²) < 4.78 is 4.88. The van der Waals surface area contributed by atoms with E-state index < -0.39 is 12.0 Å². The predicted octanol–water partition coefficient (Wildman–Crippen LogP) is 0.0635. The molecule has 6 nitrogen and oxygen atoms in total. The largest absolute Gasteiger partial charge is 0.481 e. The Balaban J connectivity index is 4.08. The maximum Gasteiger partial charge on any atom is 0.305 e. The Kier molecular flexibility index (Phi) is 8.35. The maximum absolute atomic E-state index is 11.8. The summed E-state index contributed by atoms with van der Waals surface area (Å²) in [5.74, 6) is -1.10. The Morgan fingerprint density at radius 3 is 2.59 bits per heavy atom. The van der Waals surface area contributed by atoms with Crippen molar-refractivity contribution in [3.63, 3.8) is 0 Å². The van der Waals surface area contributed by atoms with E-state index in [9.17, 15) is 9.59 Å². The number of aliphatic carboxylic acids is 1. The number of ether oxygens (including phenoxy) is 1. The Morgan fingerprint density at radius 2 is 2.12 bits per heavy atom. The van der Waals surface area contributed by atoms with Crippen LogP contribution in [0.2, 0.25) is 0 Å². The molecule has 6 heteroatoms. The molecule has 0 saturated carbocycles. The number of nitrogens with two attached hydrogens (primary N) is 1. The van der Waals surface area contributed by atoms with Crippen molar-refractivity contribution in [1.82, 2.24) is 4.90 Å². The number of carbonyl (C=O) groups is 2. The third-order valence-electron chi connectivity index (χ3n) is 2.47. The van der Waals surface area contributed by atoms with Crippen LogP contribution in [0.3, 0.4) is 0 Å². The molecule has 0 aromatic carbocycles. The topological polar surface area (TPSA) is 92.9 Å². The Hall–Kier alpha value is -1.14. The summed E-state index contributed by atoms with van der Waals surface area (Å²) in [5, 5.41) is 8.57. The van der Waals surface area contributed by atoms with Crippen molar-refractivity contribution in [2.75, 3.05) is 26.8 Å². The van der Waals surface area contributed by atoms with Crippen LogP contribution in [0.1, 0.15) is 26.2 Å². The Bertz CT molecular complexity index is 246. The number of methoxy groups -OCH3 is 1. The standard InChI is InChI=1S/C11H22N2O4/c1-3-13(7-6-10(14)15)11(16)9(12)5-4-8-17-2/h9H,3-8,12H2,1-2H3,(H,14,15). The lowest BCUT2D eigenvalue weighted by Crippen LogP contribution is -2.44. The fourth-order valence-electron chi connectivity index (χ4n) is 1.46. The summed E-state index contributed by atoms with van der Waals surface area (Å²) in [7, 11) is 1.60. The minimum absolute atomic E-state index is 0.0512. The van der Waals surface area contributed by atoms with Gasteiger partial charge in [-0.3, -0.25) is 9.59 Å². The fourth-order valence-corrected chi connectivity index (χ4v) is 1.46. The number of carboxylic acids is 1. The minimum Gasteiger partial charge on any atom is -0.481 e. The zero-order valence-corrected chi connectivity index (χ0v) is 10.5. The number of nitrogens with zero attached hydrogens (tertiary/aromatic N) is 1. The second kappa shape index (κ2) is 8.95. The summed E-state index contributed by atoms with van der Waals surface area (Å²) in [6.07, 6.45) is 1.22.